The fourth-order valence-corrected chi connectivity index (χ4v) is 3.28. The third-order valence-electron chi connectivity index (χ3n) is 2.51. The van der Waals surface area contributed by atoms with Gasteiger partial charge in [-0.3, -0.25) is 4.90 Å². The largest absolute Gasteiger partial charge is 0.298 e. The van der Waals surface area contributed by atoms with E-state index < -0.39 is 0 Å². The number of thiophene rings is 1. The van der Waals surface area contributed by atoms with Crippen LogP contribution >= 0.6 is 27.3 Å². The van der Waals surface area contributed by atoms with Gasteiger partial charge in [0.25, 0.3) is 0 Å². The zero-order valence-corrected chi connectivity index (χ0v) is 10.0. The zero-order chi connectivity index (χ0) is 9.10. The predicted molar refractivity (Wildman–Crippen MR) is 61.1 cm³/mol. The topological polar surface area (TPSA) is 3.24 Å². The first-order valence-electron chi connectivity index (χ1n) is 4.80. The molecule has 0 bridgehead atoms. The molecule has 0 N–H and O–H groups in total. The molecule has 3 heteroatoms. The Labute approximate surface area is 91.9 Å². The van der Waals surface area contributed by atoms with Crippen molar-refractivity contribution >= 4 is 27.3 Å². The lowest BCUT2D eigenvalue weighted by Crippen LogP contribution is -2.28. The van der Waals surface area contributed by atoms with Crippen LogP contribution in [0.15, 0.2) is 15.9 Å². The summed E-state index contributed by atoms with van der Waals surface area (Å²) in [5, 5.41) is 2.16. The average Bonchev–Trinajstić information content (AvgIpc) is 2.54. The summed E-state index contributed by atoms with van der Waals surface area (Å²) in [6, 6.07) is 2.14. The van der Waals surface area contributed by atoms with Crippen LogP contribution in [-0.4, -0.2) is 18.0 Å². The van der Waals surface area contributed by atoms with E-state index in [0.29, 0.717) is 0 Å². The molecule has 0 aliphatic carbocycles. The fraction of sp³-hybridized carbons (Fsp3) is 0.600. The average molecular weight is 260 g/mol. The summed E-state index contributed by atoms with van der Waals surface area (Å²) < 4.78 is 1.28. The van der Waals surface area contributed by atoms with Crippen LogP contribution in [0.5, 0.6) is 0 Å². The molecule has 1 aliphatic heterocycles. The minimum atomic E-state index is 1.14. The first-order valence-corrected chi connectivity index (χ1v) is 6.48. The number of nitrogens with zero attached hydrogens (tertiary/aromatic N) is 1. The van der Waals surface area contributed by atoms with E-state index in [1.165, 1.54) is 41.7 Å². The molecule has 0 radical (unpaired) electrons. The number of halogens is 1. The summed E-state index contributed by atoms with van der Waals surface area (Å²) in [6.07, 6.45) is 4.17. The van der Waals surface area contributed by atoms with Crippen molar-refractivity contribution in [2.24, 2.45) is 0 Å². The summed E-state index contributed by atoms with van der Waals surface area (Å²) in [7, 11) is 0. The molecule has 2 rings (SSSR count). The van der Waals surface area contributed by atoms with Crippen LogP contribution < -0.4 is 0 Å². The number of hydrogen-bond acceptors (Lipinski definition) is 2. The standard InChI is InChI=1S/C10H14BrNS/c11-9-4-7-13-10(9)8-12-5-2-1-3-6-12/h4,7H,1-3,5-6,8H2. The highest BCUT2D eigenvalue weighted by Gasteiger charge is 2.12. The van der Waals surface area contributed by atoms with Crippen LogP contribution in [0.4, 0.5) is 0 Å². The summed E-state index contributed by atoms with van der Waals surface area (Å²) in [5.41, 5.74) is 0. The maximum atomic E-state index is 3.58. The first kappa shape index (κ1) is 9.69. The van der Waals surface area contributed by atoms with Gasteiger partial charge >= 0.3 is 0 Å². The highest BCUT2D eigenvalue weighted by molar-refractivity contribution is 9.10. The van der Waals surface area contributed by atoms with Gasteiger partial charge in [0.05, 0.1) is 0 Å². The van der Waals surface area contributed by atoms with Gasteiger partial charge in [0.1, 0.15) is 0 Å². The lowest BCUT2D eigenvalue weighted by atomic mass is 10.1. The maximum absolute atomic E-state index is 3.58. The van der Waals surface area contributed by atoms with Gasteiger partial charge in [0.2, 0.25) is 0 Å². The van der Waals surface area contributed by atoms with E-state index in [9.17, 15) is 0 Å². The Morgan fingerprint density at radius 2 is 2.08 bits per heavy atom. The minimum Gasteiger partial charge on any atom is -0.298 e. The summed E-state index contributed by atoms with van der Waals surface area (Å²) >= 11 is 5.43. The molecular formula is C10H14BrNS. The number of likely N-dealkylation sites (tertiary alicyclic amines) is 1. The summed E-state index contributed by atoms with van der Waals surface area (Å²) in [5.74, 6) is 0. The van der Waals surface area contributed by atoms with Crippen LogP contribution in [0.25, 0.3) is 0 Å². The van der Waals surface area contributed by atoms with Crippen LogP contribution in [0.2, 0.25) is 0 Å². The predicted octanol–water partition coefficient (Wildman–Crippen LogP) is 3.50. The molecule has 2 heterocycles. The zero-order valence-electron chi connectivity index (χ0n) is 7.63. The second-order valence-electron chi connectivity index (χ2n) is 3.53. The number of hydrogen-bond donors (Lipinski definition) is 0. The Bertz CT molecular complexity index is 266. The van der Waals surface area contributed by atoms with Gasteiger partial charge < -0.3 is 0 Å². The third kappa shape index (κ3) is 2.55. The van der Waals surface area contributed by atoms with Crippen molar-refractivity contribution in [2.45, 2.75) is 25.8 Å². The van der Waals surface area contributed by atoms with Crippen LogP contribution in [0, 0.1) is 0 Å². The van der Waals surface area contributed by atoms with Crippen molar-refractivity contribution in [2.75, 3.05) is 13.1 Å². The van der Waals surface area contributed by atoms with Gasteiger partial charge in [-0.25, -0.2) is 0 Å². The fourth-order valence-electron chi connectivity index (χ4n) is 1.76. The molecule has 1 aliphatic rings. The third-order valence-corrected chi connectivity index (χ3v) is 4.42. The highest BCUT2D eigenvalue weighted by atomic mass is 79.9. The van der Waals surface area contributed by atoms with Gasteiger partial charge in [-0.2, -0.15) is 0 Å². The van der Waals surface area contributed by atoms with Crippen LogP contribution in [0.1, 0.15) is 24.1 Å². The van der Waals surface area contributed by atoms with Gasteiger partial charge in [-0.1, -0.05) is 6.42 Å². The van der Waals surface area contributed by atoms with E-state index in [2.05, 4.69) is 32.3 Å². The molecule has 1 aromatic heterocycles. The second-order valence-corrected chi connectivity index (χ2v) is 5.38. The molecule has 1 fully saturated rings. The van der Waals surface area contributed by atoms with Gasteiger partial charge in [-0.05, 0) is 53.3 Å². The molecule has 0 amide bonds. The van der Waals surface area contributed by atoms with E-state index >= 15 is 0 Å². The minimum absolute atomic E-state index is 1.14. The SMILES string of the molecule is Brc1ccsc1CN1CCCCC1. The van der Waals surface area contributed by atoms with Crippen molar-refractivity contribution in [3.63, 3.8) is 0 Å². The normalized spacial score (nSPS) is 19.2. The second kappa shape index (κ2) is 4.58. The highest BCUT2D eigenvalue weighted by Crippen LogP contribution is 2.25. The Hall–Kier alpha value is 0.140. The van der Waals surface area contributed by atoms with Crippen molar-refractivity contribution < 1.29 is 0 Å². The van der Waals surface area contributed by atoms with Crippen molar-refractivity contribution in [1.29, 1.82) is 0 Å². The quantitative estimate of drug-likeness (QED) is 0.786. The van der Waals surface area contributed by atoms with Crippen molar-refractivity contribution in [3.8, 4) is 0 Å². The molecule has 0 atom stereocenters. The molecular weight excluding hydrogens is 246 g/mol. The lowest BCUT2D eigenvalue weighted by Gasteiger charge is -2.25. The smallest absolute Gasteiger partial charge is 0.0339 e. The summed E-state index contributed by atoms with van der Waals surface area (Å²) in [6.45, 7) is 3.70. The van der Waals surface area contributed by atoms with E-state index in [1.807, 2.05) is 11.3 Å². The summed E-state index contributed by atoms with van der Waals surface area (Å²) in [4.78, 5) is 4.03. The Morgan fingerprint density at radius 3 is 2.69 bits per heavy atom. The monoisotopic (exact) mass is 259 g/mol. The van der Waals surface area contributed by atoms with Gasteiger partial charge in [0, 0.05) is 15.9 Å². The first-order chi connectivity index (χ1) is 6.36. The molecule has 1 nitrogen and oxygen atoms in total. The number of rotatable bonds is 2. The van der Waals surface area contributed by atoms with E-state index in [1.54, 1.807) is 0 Å². The molecule has 1 aromatic rings. The lowest BCUT2D eigenvalue weighted by molar-refractivity contribution is 0.222. The van der Waals surface area contributed by atoms with Crippen molar-refractivity contribution in [1.82, 2.24) is 4.90 Å². The molecule has 13 heavy (non-hydrogen) atoms. The molecule has 0 saturated carbocycles. The van der Waals surface area contributed by atoms with E-state index in [-0.39, 0.29) is 0 Å². The van der Waals surface area contributed by atoms with E-state index in [0.717, 1.165) is 6.54 Å². The van der Waals surface area contributed by atoms with E-state index in [4.69, 9.17) is 0 Å². The molecule has 0 unspecified atom stereocenters. The van der Waals surface area contributed by atoms with Gasteiger partial charge in [-0.15, -0.1) is 11.3 Å². The van der Waals surface area contributed by atoms with Gasteiger partial charge in [0.15, 0.2) is 0 Å². The molecule has 0 aromatic carbocycles. The Balaban J connectivity index is 1.93. The molecule has 72 valence electrons. The van der Waals surface area contributed by atoms with Crippen LogP contribution in [0.3, 0.4) is 0 Å². The molecule has 0 spiro atoms. The molecule has 1 saturated heterocycles. The van der Waals surface area contributed by atoms with Crippen molar-refractivity contribution in [3.05, 3.63) is 20.8 Å². The Morgan fingerprint density at radius 1 is 1.31 bits per heavy atom. The maximum Gasteiger partial charge on any atom is 0.0339 e. The number of piperidine rings is 1. The van der Waals surface area contributed by atoms with Crippen LogP contribution in [-0.2, 0) is 6.54 Å². The Kier molecular flexibility index (Phi) is 3.41.